The van der Waals surface area contributed by atoms with Crippen molar-refractivity contribution in [1.82, 2.24) is 5.32 Å². The fourth-order valence-corrected chi connectivity index (χ4v) is 2.15. The molecule has 7 heteroatoms. The summed E-state index contributed by atoms with van der Waals surface area (Å²) in [4.78, 5) is 23.0. The summed E-state index contributed by atoms with van der Waals surface area (Å²) in [6.07, 6.45) is -0.405. The van der Waals surface area contributed by atoms with Crippen molar-refractivity contribution in [2.45, 2.75) is 51.8 Å². The van der Waals surface area contributed by atoms with Crippen LogP contribution in [0, 0.1) is 10.1 Å². The lowest BCUT2D eigenvalue weighted by Gasteiger charge is -2.25. The van der Waals surface area contributed by atoms with Crippen LogP contribution in [0.1, 0.15) is 45.7 Å². The molecule has 2 atom stereocenters. The Morgan fingerprint density at radius 1 is 1.30 bits per heavy atom. The first-order chi connectivity index (χ1) is 10.7. The average Bonchev–Trinajstić information content (AvgIpc) is 2.45. The van der Waals surface area contributed by atoms with E-state index in [1.165, 1.54) is 7.11 Å². The van der Waals surface area contributed by atoms with Gasteiger partial charge < -0.3 is 14.8 Å². The van der Waals surface area contributed by atoms with Crippen LogP contribution in [0.2, 0.25) is 0 Å². The summed E-state index contributed by atoms with van der Waals surface area (Å²) in [5.74, 6) is 0.638. The summed E-state index contributed by atoms with van der Waals surface area (Å²) in [5, 5.41) is 13.9. The molecule has 128 valence electrons. The maximum Gasteiger partial charge on any atom is 0.408 e. The number of nitrogens with one attached hydrogen (secondary N) is 1. The molecule has 23 heavy (non-hydrogen) atoms. The molecular weight excluding hydrogens is 300 g/mol. The number of alkyl carbamates (subject to hydrolysis) is 1. The first kappa shape index (κ1) is 18.7. The molecular formula is C16H24N2O5. The maximum absolute atomic E-state index is 12.0. The fourth-order valence-electron chi connectivity index (χ4n) is 2.15. The molecule has 0 radical (unpaired) electrons. The van der Waals surface area contributed by atoms with Gasteiger partial charge in [0.1, 0.15) is 17.4 Å². The van der Waals surface area contributed by atoms with Crippen LogP contribution in [0.15, 0.2) is 24.3 Å². The maximum atomic E-state index is 12.0. The lowest BCUT2D eigenvalue weighted by molar-refractivity contribution is -0.528. The summed E-state index contributed by atoms with van der Waals surface area (Å²) >= 11 is 0. The van der Waals surface area contributed by atoms with E-state index in [1.807, 2.05) is 0 Å². The van der Waals surface area contributed by atoms with Crippen LogP contribution in [0.4, 0.5) is 4.79 Å². The normalized spacial score (nSPS) is 13.8. The number of nitrogens with zero attached hydrogens (tertiary/aromatic N) is 1. The topological polar surface area (TPSA) is 90.7 Å². The molecule has 0 aliphatic rings. The molecule has 7 nitrogen and oxygen atoms in total. The Labute approximate surface area is 136 Å². The number of nitro groups is 1. The van der Waals surface area contributed by atoms with E-state index in [2.05, 4.69) is 5.32 Å². The van der Waals surface area contributed by atoms with E-state index >= 15 is 0 Å². The first-order valence-corrected chi connectivity index (χ1v) is 7.45. The van der Waals surface area contributed by atoms with Crippen LogP contribution in [0.25, 0.3) is 0 Å². The zero-order valence-corrected chi connectivity index (χ0v) is 14.2. The van der Waals surface area contributed by atoms with Gasteiger partial charge in [-0.2, -0.15) is 0 Å². The average molecular weight is 324 g/mol. The summed E-state index contributed by atoms with van der Waals surface area (Å²) in [6, 6.07) is 5.07. The van der Waals surface area contributed by atoms with Crippen LogP contribution in [0.3, 0.4) is 0 Å². The Balaban J connectivity index is 3.05. The van der Waals surface area contributed by atoms with E-state index in [0.717, 1.165) is 0 Å². The highest BCUT2D eigenvalue weighted by atomic mass is 16.6. The third-order valence-electron chi connectivity index (χ3n) is 3.22. The molecule has 0 unspecified atom stereocenters. The van der Waals surface area contributed by atoms with Crippen LogP contribution >= 0.6 is 0 Å². The van der Waals surface area contributed by atoms with Gasteiger partial charge in [-0.3, -0.25) is 10.1 Å². The largest absolute Gasteiger partial charge is 0.497 e. The number of hydrogen-bond donors (Lipinski definition) is 1. The Kier molecular flexibility index (Phi) is 6.36. The van der Waals surface area contributed by atoms with Gasteiger partial charge in [-0.1, -0.05) is 19.1 Å². The molecule has 1 rings (SSSR count). The van der Waals surface area contributed by atoms with Gasteiger partial charge in [-0.15, -0.1) is 0 Å². The van der Waals surface area contributed by atoms with Gasteiger partial charge >= 0.3 is 6.09 Å². The monoisotopic (exact) mass is 324 g/mol. The SMILES string of the molecule is CC[C@H]([C@H](NC(=O)OC(C)(C)C)c1ccc(OC)cc1)[N+](=O)[O-]. The van der Waals surface area contributed by atoms with Gasteiger partial charge in [0, 0.05) is 11.3 Å². The van der Waals surface area contributed by atoms with Crippen molar-refractivity contribution in [3.8, 4) is 5.75 Å². The van der Waals surface area contributed by atoms with Gasteiger partial charge in [0.05, 0.1) is 7.11 Å². The van der Waals surface area contributed by atoms with Crippen molar-refractivity contribution in [3.63, 3.8) is 0 Å². The highest BCUT2D eigenvalue weighted by Crippen LogP contribution is 2.24. The summed E-state index contributed by atoms with van der Waals surface area (Å²) in [5.41, 5.74) is -0.0505. The lowest BCUT2D eigenvalue weighted by atomic mass is 9.98. The Hall–Kier alpha value is -2.31. The fraction of sp³-hybridized carbons (Fsp3) is 0.562. The first-order valence-electron chi connectivity index (χ1n) is 7.45. The zero-order valence-electron chi connectivity index (χ0n) is 14.2. The third-order valence-corrected chi connectivity index (χ3v) is 3.22. The van der Waals surface area contributed by atoms with Gasteiger partial charge in [0.2, 0.25) is 6.04 Å². The predicted octanol–water partition coefficient (Wildman–Crippen LogP) is 3.32. The molecule has 0 heterocycles. The minimum Gasteiger partial charge on any atom is -0.497 e. The van der Waals surface area contributed by atoms with Gasteiger partial charge in [0.25, 0.3) is 0 Å². The molecule has 0 spiro atoms. The van der Waals surface area contributed by atoms with E-state index in [4.69, 9.17) is 9.47 Å². The summed E-state index contributed by atoms with van der Waals surface area (Å²) in [7, 11) is 1.54. The number of carbonyl (C=O) groups excluding carboxylic acids is 1. The van der Waals surface area contributed by atoms with Crippen LogP contribution in [0.5, 0.6) is 5.75 Å². The Morgan fingerprint density at radius 3 is 2.26 bits per heavy atom. The predicted molar refractivity (Wildman–Crippen MR) is 86.2 cm³/mol. The number of benzene rings is 1. The van der Waals surface area contributed by atoms with Gasteiger partial charge in [-0.25, -0.2) is 4.79 Å². The van der Waals surface area contributed by atoms with E-state index in [9.17, 15) is 14.9 Å². The second-order valence-electron chi connectivity index (χ2n) is 6.16. The number of amides is 1. The highest BCUT2D eigenvalue weighted by molar-refractivity contribution is 5.68. The van der Waals surface area contributed by atoms with Crippen LogP contribution in [-0.2, 0) is 4.74 Å². The van der Waals surface area contributed by atoms with Crippen molar-refractivity contribution in [2.24, 2.45) is 0 Å². The number of hydrogen-bond acceptors (Lipinski definition) is 5. The summed E-state index contributed by atoms with van der Waals surface area (Å²) in [6.45, 7) is 6.92. The molecule has 0 aliphatic carbocycles. The van der Waals surface area contributed by atoms with Crippen LogP contribution < -0.4 is 10.1 Å². The number of rotatable bonds is 6. The van der Waals surface area contributed by atoms with Crippen molar-refractivity contribution in [3.05, 3.63) is 39.9 Å². The minimum atomic E-state index is -0.948. The van der Waals surface area contributed by atoms with Crippen molar-refractivity contribution in [2.75, 3.05) is 7.11 Å². The third kappa shape index (κ3) is 5.77. The minimum absolute atomic E-state index is 0.277. The van der Waals surface area contributed by atoms with E-state index in [-0.39, 0.29) is 11.3 Å². The molecule has 0 bridgehead atoms. The van der Waals surface area contributed by atoms with Crippen molar-refractivity contribution in [1.29, 1.82) is 0 Å². The van der Waals surface area contributed by atoms with E-state index in [1.54, 1.807) is 52.0 Å². The lowest BCUT2D eigenvalue weighted by Crippen LogP contribution is -2.42. The molecule has 0 aliphatic heterocycles. The Morgan fingerprint density at radius 2 is 1.87 bits per heavy atom. The molecule has 0 saturated heterocycles. The number of ether oxygens (including phenoxy) is 2. The van der Waals surface area contributed by atoms with Gasteiger partial charge in [-0.05, 0) is 38.5 Å². The van der Waals surface area contributed by atoms with E-state index < -0.39 is 23.8 Å². The second kappa shape index (κ2) is 7.80. The van der Waals surface area contributed by atoms with Crippen molar-refractivity contribution >= 4 is 6.09 Å². The second-order valence-corrected chi connectivity index (χ2v) is 6.16. The van der Waals surface area contributed by atoms with Crippen molar-refractivity contribution < 1.29 is 19.2 Å². The van der Waals surface area contributed by atoms with E-state index in [0.29, 0.717) is 11.3 Å². The standard InChI is InChI=1S/C16H24N2O5/c1-6-13(18(20)21)14(17-15(19)23-16(2,3)4)11-7-9-12(22-5)10-8-11/h7-10,13-14H,6H2,1-5H3,(H,17,19)/t13-,14-/m1/s1. The number of carbonyl (C=O) groups is 1. The summed E-state index contributed by atoms with van der Waals surface area (Å²) < 4.78 is 10.3. The smallest absolute Gasteiger partial charge is 0.408 e. The molecule has 1 aromatic carbocycles. The quantitative estimate of drug-likeness (QED) is 0.640. The molecule has 1 aromatic rings. The van der Waals surface area contributed by atoms with Crippen LogP contribution in [-0.4, -0.2) is 29.8 Å². The molecule has 0 saturated carbocycles. The zero-order chi connectivity index (χ0) is 17.6. The van der Waals surface area contributed by atoms with Gasteiger partial charge in [0.15, 0.2) is 0 Å². The molecule has 0 aromatic heterocycles. The highest BCUT2D eigenvalue weighted by Gasteiger charge is 2.33. The molecule has 1 N–H and O–H groups in total. The molecule has 1 amide bonds. The molecule has 0 fully saturated rings. The Bertz CT molecular complexity index is 536. The number of methoxy groups -OCH3 is 1.